The highest BCUT2D eigenvalue weighted by Crippen LogP contribution is 2.31. The van der Waals surface area contributed by atoms with Gasteiger partial charge in [0.15, 0.2) is 5.78 Å². The number of esters is 1. The summed E-state index contributed by atoms with van der Waals surface area (Å²) in [7, 11) is 1.36. The Kier molecular flexibility index (Phi) is 3.59. The van der Waals surface area contributed by atoms with Crippen LogP contribution in [0.4, 0.5) is 0 Å². The van der Waals surface area contributed by atoms with Crippen molar-refractivity contribution in [3.05, 3.63) is 0 Å². The number of hydrogen-bond acceptors (Lipinski definition) is 4. The highest BCUT2D eigenvalue weighted by Gasteiger charge is 2.37. The van der Waals surface area contributed by atoms with Crippen LogP contribution in [0.5, 0.6) is 0 Å². The summed E-state index contributed by atoms with van der Waals surface area (Å²) < 4.78 is 4.61. The third-order valence-electron chi connectivity index (χ3n) is 3.77. The maximum Gasteiger partial charge on any atom is 0.307 e. The predicted molar refractivity (Wildman–Crippen MR) is 58.9 cm³/mol. The van der Waals surface area contributed by atoms with E-state index in [0.717, 1.165) is 12.8 Å². The van der Waals surface area contributed by atoms with Crippen LogP contribution < -0.4 is 5.32 Å². The molecule has 16 heavy (non-hydrogen) atoms. The van der Waals surface area contributed by atoms with E-state index in [0.29, 0.717) is 18.4 Å². The van der Waals surface area contributed by atoms with Crippen molar-refractivity contribution >= 4 is 11.8 Å². The highest BCUT2D eigenvalue weighted by atomic mass is 16.5. The van der Waals surface area contributed by atoms with Gasteiger partial charge in [-0.1, -0.05) is 12.8 Å². The number of carbonyl (C=O) groups is 2. The van der Waals surface area contributed by atoms with Crippen molar-refractivity contribution < 1.29 is 14.3 Å². The second-order valence-corrected chi connectivity index (χ2v) is 4.82. The van der Waals surface area contributed by atoms with Crippen LogP contribution in [-0.2, 0) is 14.3 Å². The van der Waals surface area contributed by atoms with E-state index in [1.807, 2.05) is 0 Å². The molecule has 2 fully saturated rings. The lowest BCUT2D eigenvalue weighted by molar-refractivity contribution is -0.143. The number of hydrogen-bond donors (Lipinski definition) is 1. The zero-order chi connectivity index (χ0) is 11.5. The Hall–Kier alpha value is -0.900. The van der Waals surface area contributed by atoms with Gasteiger partial charge >= 0.3 is 5.97 Å². The van der Waals surface area contributed by atoms with Gasteiger partial charge in [-0.15, -0.1) is 0 Å². The van der Waals surface area contributed by atoms with Gasteiger partial charge in [-0.25, -0.2) is 0 Å². The molecule has 1 aliphatic heterocycles. The number of fused-ring (bicyclic) bond motifs is 1. The Bertz CT molecular complexity index is 290. The number of ketones is 1. The fourth-order valence-electron chi connectivity index (χ4n) is 2.85. The summed E-state index contributed by atoms with van der Waals surface area (Å²) >= 11 is 0. The first kappa shape index (κ1) is 11.6. The van der Waals surface area contributed by atoms with E-state index in [4.69, 9.17) is 0 Å². The molecule has 0 radical (unpaired) electrons. The number of carbonyl (C=O) groups excluding carboxylic acids is 2. The van der Waals surface area contributed by atoms with Crippen LogP contribution in [0.1, 0.15) is 38.5 Å². The number of rotatable bonds is 2. The molecule has 0 aromatic heterocycles. The van der Waals surface area contributed by atoms with Crippen LogP contribution in [0.3, 0.4) is 0 Å². The molecule has 0 bridgehead atoms. The third-order valence-corrected chi connectivity index (χ3v) is 3.77. The minimum absolute atomic E-state index is 0.175. The molecule has 90 valence electrons. The van der Waals surface area contributed by atoms with Gasteiger partial charge in [0.05, 0.1) is 19.6 Å². The highest BCUT2D eigenvalue weighted by molar-refractivity contribution is 5.89. The summed E-state index contributed by atoms with van der Waals surface area (Å²) in [5, 5.41) is 3.32. The summed E-state index contributed by atoms with van der Waals surface area (Å²) in [6.07, 6.45) is 5.56. The van der Waals surface area contributed by atoms with Gasteiger partial charge in [-0.05, 0) is 18.8 Å². The fourth-order valence-corrected chi connectivity index (χ4v) is 2.85. The molecule has 0 amide bonds. The van der Waals surface area contributed by atoms with Crippen LogP contribution >= 0.6 is 0 Å². The van der Waals surface area contributed by atoms with E-state index in [1.165, 1.54) is 20.0 Å². The van der Waals surface area contributed by atoms with E-state index >= 15 is 0 Å². The number of piperidine rings is 1. The zero-order valence-corrected chi connectivity index (χ0v) is 9.70. The Labute approximate surface area is 95.7 Å². The number of methoxy groups -OCH3 is 1. The summed E-state index contributed by atoms with van der Waals surface area (Å²) in [4.78, 5) is 23.0. The Morgan fingerprint density at radius 1 is 1.44 bits per heavy atom. The maximum absolute atomic E-state index is 11.8. The summed E-state index contributed by atoms with van der Waals surface area (Å²) in [5.74, 6) is 0.365. The number of nitrogens with one attached hydrogen (secondary N) is 1. The molecule has 2 rings (SSSR count). The minimum atomic E-state index is -0.313. The van der Waals surface area contributed by atoms with E-state index in [9.17, 15) is 9.59 Å². The van der Waals surface area contributed by atoms with E-state index in [1.54, 1.807) is 0 Å². The van der Waals surface area contributed by atoms with Crippen LogP contribution in [0.15, 0.2) is 0 Å². The molecule has 1 saturated heterocycles. The minimum Gasteiger partial charge on any atom is -0.469 e. The summed E-state index contributed by atoms with van der Waals surface area (Å²) in [5.41, 5.74) is 0. The second kappa shape index (κ2) is 4.95. The predicted octanol–water partition coefficient (Wildman–Crippen LogP) is 1.04. The van der Waals surface area contributed by atoms with Crippen LogP contribution in [-0.4, -0.2) is 30.9 Å². The number of ether oxygens (including phenoxy) is 1. The van der Waals surface area contributed by atoms with Gasteiger partial charge in [0.2, 0.25) is 0 Å². The molecule has 2 aliphatic rings. The van der Waals surface area contributed by atoms with Gasteiger partial charge in [-0.2, -0.15) is 0 Å². The van der Waals surface area contributed by atoms with E-state index in [-0.39, 0.29) is 24.2 Å². The van der Waals surface area contributed by atoms with Crippen molar-refractivity contribution in [3.63, 3.8) is 0 Å². The van der Waals surface area contributed by atoms with Crippen LogP contribution in [0, 0.1) is 5.92 Å². The SMILES string of the molecule is COC(=O)C[C@@H]1N[C@H]2CCCC[C@H]2CC1=O. The monoisotopic (exact) mass is 225 g/mol. The van der Waals surface area contributed by atoms with Crippen molar-refractivity contribution in [1.29, 1.82) is 0 Å². The molecular formula is C12H19NO3. The Balaban J connectivity index is 1.95. The van der Waals surface area contributed by atoms with Crippen molar-refractivity contribution in [2.24, 2.45) is 5.92 Å². The quantitative estimate of drug-likeness (QED) is 0.713. The second-order valence-electron chi connectivity index (χ2n) is 4.82. The van der Waals surface area contributed by atoms with Crippen molar-refractivity contribution in [2.75, 3.05) is 7.11 Å². The molecule has 1 heterocycles. The fraction of sp³-hybridized carbons (Fsp3) is 0.833. The van der Waals surface area contributed by atoms with Gasteiger partial charge in [0.1, 0.15) is 0 Å². The first-order chi connectivity index (χ1) is 7.70. The first-order valence-electron chi connectivity index (χ1n) is 6.06. The van der Waals surface area contributed by atoms with Crippen LogP contribution in [0.25, 0.3) is 0 Å². The molecule has 4 heteroatoms. The third kappa shape index (κ3) is 2.43. The lowest BCUT2D eigenvalue weighted by atomic mass is 9.77. The first-order valence-corrected chi connectivity index (χ1v) is 6.06. The average molecular weight is 225 g/mol. The molecule has 1 aliphatic carbocycles. The van der Waals surface area contributed by atoms with Gasteiger partial charge in [0, 0.05) is 12.5 Å². The molecule has 4 nitrogen and oxygen atoms in total. The smallest absolute Gasteiger partial charge is 0.307 e. The summed E-state index contributed by atoms with van der Waals surface area (Å²) in [6, 6.07) is 0.118. The van der Waals surface area contributed by atoms with Gasteiger partial charge in [-0.3, -0.25) is 9.59 Å². The van der Waals surface area contributed by atoms with Crippen molar-refractivity contribution in [3.8, 4) is 0 Å². The van der Waals surface area contributed by atoms with E-state index < -0.39 is 0 Å². The van der Waals surface area contributed by atoms with Gasteiger partial charge in [0.25, 0.3) is 0 Å². The normalized spacial score (nSPS) is 34.3. The molecule has 1 saturated carbocycles. The van der Waals surface area contributed by atoms with Crippen molar-refractivity contribution in [2.45, 2.75) is 50.6 Å². The molecule has 0 aromatic carbocycles. The van der Waals surface area contributed by atoms with E-state index in [2.05, 4.69) is 10.1 Å². The largest absolute Gasteiger partial charge is 0.469 e. The molecule has 0 aromatic rings. The lowest BCUT2D eigenvalue weighted by Gasteiger charge is -2.39. The van der Waals surface area contributed by atoms with Crippen LogP contribution in [0.2, 0.25) is 0 Å². The topological polar surface area (TPSA) is 55.4 Å². The Morgan fingerprint density at radius 3 is 2.94 bits per heavy atom. The molecule has 1 N–H and O–H groups in total. The lowest BCUT2D eigenvalue weighted by Crippen LogP contribution is -2.54. The number of Topliss-reactive ketones (excluding diaryl/α,β-unsaturated/α-hetero) is 1. The molecule has 0 unspecified atom stereocenters. The standard InChI is InChI=1S/C12H19NO3/c1-16-12(15)7-10-11(14)6-8-4-2-3-5-9(8)13-10/h8-10,13H,2-7H2,1H3/t8-,9-,10-/m0/s1. The summed E-state index contributed by atoms with van der Waals surface area (Å²) in [6.45, 7) is 0. The molecular weight excluding hydrogens is 206 g/mol. The molecule has 3 atom stereocenters. The average Bonchev–Trinajstić information content (AvgIpc) is 2.30. The zero-order valence-electron chi connectivity index (χ0n) is 9.70. The maximum atomic E-state index is 11.8. The molecule has 0 spiro atoms. The van der Waals surface area contributed by atoms with Gasteiger partial charge < -0.3 is 10.1 Å². The van der Waals surface area contributed by atoms with Crippen molar-refractivity contribution in [1.82, 2.24) is 5.32 Å². The Morgan fingerprint density at radius 2 is 2.19 bits per heavy atom.